The minimum atomic E-state index is -0.520. The van der Waals surface area contributed by atoms with Gasteiger partial charge in [-0.05, 0) is 12.1 Å². The molecule has 0 unspecified atom stereocenters. The normalized spacial score (nSPS) is 18.4. The molecule has 4 rings (SSSR count). The van der Waals surface area contributed by atoms with Gasteiger partial charge in [-0.3, -0.25) is 0 Å². The van der Waals surface area contributed by atoms with Crippen molar-refractivity contribution < 1.29 is 9.13 Å². The van der Waals surface area contributed by atoms with E-state index in [-0.39, 0.29) is 0 Å². The molecule has 4 heterocycles. The predicted molar refractivity (Wildman–Crippen MR) is 91.1 cm³/mol. The summed E-state index contributed by atoms with van der Waals surface area (Å²) in [6, 6.07) is 2.96. The van der Waals surface area contributed by atoms with Crippen LogP contribution in [0.3, 0.4) is 0 Å². The number of aromatic nitrogens is 4. The Balaban J connectivity index is 1.72. The Kier molecular flexibility index (Phi) is 4.66. The first-order chi connectivity index (χ1) is 12.3. The van der Waals surface area contributed by atoms with Crippen molar-refractivity contribution in [3.8, 4) is 11.4 Å². The van der Waals surface area contributed by atoms with Gasteiger partial charge in [-0.25, -0.2) is 4.98 Å². The number of anilines is 2. The largest absolute Gasteiger partial charge is 0.378 e. The molecule has 2 aliphatic heterocycles. The van der Waals surface area contributed by atoms with Crippen molar-refractivity contribution in [3.05, 3.63) is 24.3 Å². The average molecular weight is 345 g/mol. The first-order valence-corrected chi connectivity index (χ1v) is 8.46. The summed E-state index contributed by atoms with van der Waals surface area (Å²) >= 11 is 0. The van der Waals surface area contributed by atoms with Crippen LogP contribution in [-0.2, 0) is 4.74 Å². The quantitative estimate of drug-likeness (QED) is 0.797. The molecule has 0 bridgehead atoms. The molecule has 2 aromatic rings. The molecular formula is C16H20FN7O. The Morgan fingerprint density at radius 1 is 0.920 bits per heavy atom. The lowest BCUT2D eigenvalue weighted by atomic mass is 10.2. The summed E-state index contributed by atoms with van der Waals surface area (Å²) in [5, 5.41) is 3.32. The second-order valence-corrected chi connectivity index (χ2v) is 5.97. The van der Waals surface area contributed by atoms with E-state index in [1.54, 1.807) is 6.07 Å². The van der Waals surface area contributed by atoms with Crippen LogP contribution in [0.25, 0.3) is 11.4 Å². The molecule has 0 radical (unpaired) electrons. The molecule has 0 amide bonds. The highest BCUT2D eigenvalue weighted by molar-refractivity contribution is 5.57. The zero-order chi connectivity index (χ0) is 17.1. The molecule has 0 atom stereocenters. The minimum Gasteiger partial charge on any atom is -0.378 e. The molecule has 0 aliphatic carbocycles. The van der Waals surface area contributed by atoms with E-state index in [0.29, 0.717) is 36.5 Å². The molecule has 0 aromatic carbocycles. The molecule has 2 fully saturated rings. The summed E-state index contributed by atoms with van der Waals surface area (Å²) in [7, 11) is 0. The average Bonchev–Trinajstić information content (AvgIpc) is 2.69. The lowest BCUT2D eigenvalue weighted by Crippen LogP contribution is -2.44. The van der Waals surface area contributed by atoms with E-state index >= 15 is 0 Å². The van der Waals surface area contributed by atoms with E-state index in [9.17, 15) is 4.39 Å². The van der Waals surface area contributed by atoms with Gasteiger partial charge in [0.1, 0.15) is 0 Å². The monoisotopic (exact) mass is 345 g/mol. The van der Waals surface area contributed by atoms with Crippen LogP contribution < -0.4 is 15.1 Å². The van der Waals surface area contributed by atoms with Crippen molar-refractivity contribution in [2.75, 3.05) is 62.3 Å². The highest BCUT2D eigenvalue weighted by atomic mass is 19.1. The molecule has 1 N–H and O–H groups in total. The van der Waals surface area contributed by atoms with E-state index in [1.165, 1.54) is 12.3 Å². The summed E-state index contributed by atoms with van der Waals surface area (Å²) in [4.78, 5) is 21.8. The van der Waals surface area contributed by atoms with Crippen molar-refractivity contribution in [2.45, 2.75) is 0 Å². The van der Waals surface area contributed by atoms with Gasteiger partial charge in [0, 0.05) is 51.0 Å². The molecule has 0 saturated carbocycles. The Morgan fingerprint density at radius 3 is 2.24 bits per heavy atom. The number of nitrogens with zero attached hydrogens (tertiary/aromatic N) is 6. The minimum absolute atomic E-state index is 0.512. The second-order valence-electron chi connectivity index (χ2n) is 5.97. The molecule has 132 valence electrons. The number of rotatable bonds is 3. The Hall–Kier alpha value is -2.39. The third kappa shape index (κ3) is 3.67. The van der Waals surface area contributed by atoms with Gasteiger partial charge in [-0.15, -0.1) is 0 Å². The van der Waals surface area contributed by atoms with E-state index < -0.39 is 5.95 Å². The van der Waals surface area contributed by atoms with Crippen LogP contribution >= 0.6 is 0 Å². The summed E-state index contributed by atoms with van der Waals surface area (Å²) in [6.45, 7) is 6.27. The van der Waals surface area contributed by atoms with Crippen molar-refractivity contribution in [2.24, 2.45) is 0 Å². The fraction of sp³-hybridized carbons (Fsp3) is 0.500. The summed E-state index contributed by atoms with van der Waals surface area (Å²) in [5.41, 5.74) is 0.676. The molecule has 25 heavy (non-hydrogen) atoms. The molecule has 2 aliphatic rings. The maximum absolute atomic E-state index is 13.1. The van der Waals surface area contributed by atoms with E-state index in [2.05, 4.69) is 35.1 Å². The van der Waals surface area contributed by atoms with Gasteiger partial charge in [0.15, 0.2) is 5.82 Å². The lowest BCUT2D eigenvalue weighted by molar-refractivity contribution is 0.122. The van der Waals surface area contributed by atoms with Gasteiger partial charge >= 0.3 is 0 Å². The van der Waals surface area contributed by atoms with Crippen LogP contribution in [0.15, 0.2) is 18.3 Å². The van der Waals surface area contributed by atoms with E-state index in [0.717, 1.165) is 39.3 Å². The van der Waals surface area contributed by atoms with Gasteiger partial charge in [0.05, 0.1) is 13.2 Å². The van der Waals surface area contributed by atoms with Crippen molar-refractivity contribution in [1.82, 2.24) is 25.3 Å². The summed E-state index contributed by atoms with van der Waals surface area (Å²) < 4.78 is 18.6. The topological polar surface area (TPSA) is 79.3 Å². The fourth-order valence-electron chi connectivity index (χ4n) is 2.90. The first-order valence-electron chi connectivity index (χ1n) is 8.46. The van der Waals surface area contributed by atoms with Crippen molar-refractivity contribution in [3.63, 3.8) is 0 Å². The number of morpholine rings is 1. The van der Waals surface area contributed by atoms with Crippen LogP contribution in [0.5, 0.6) is 0 Å². The fourth-order valence-corrected chi connectivity index (χ4v) is 2.90. The Bertz CT molecular complexity index is 679. The molecule has 0 spiro atoms. The Morgan fingerprint density at radius 2 is 1.60 bits per heavy atom. The Labute approximate surface area is 145 Å². The molecule has 2 aromatic heterocycles. The maximum atomic E-state index is 13.1. The third-order valence-electron chi connectivity index (χ3n) is 4.29. The summed E-state index contributed by atoms with van der Waals surface area (Å²) in [6.07, 6.45) is 1.45. The molecule has 2 saturated heterocycles. The SMILES string of the molecule is Fc1ccc(-c2nc(N3CCNCC3)nc(N3CCOCC3)n2)cn1. The van der Waals surface area contributed by atoms with Gasteiger partial charge in [-0.1, -0.05) is 0 Å². The van der Waals surface area contributed by atoms with Crippen molar-refractivity contribution in [1.29, 1.82) is 0 Å². The highest BCUT2D eigenvalue weighted by Crippen LogP contribution is 2.22. The zero-order valence-electron chi connectivity index (χ0n) is 13.9. The van der Waals surface area contributed by atoms with Crippen LogP contribution in [0, 0.1) is 5.95 Å². The van der Waals surface area contributed by atoms with Gasteiger partial charge < -0.3 is 19.9 Å². The third-order valence-corrected chi connectivity index (χ3v) is 4.29. The summed E-state index contributed by atoms with van der Waals surface area (Å²) in [5.74, 6) is 1.27. The van der Waals surface area contributed by atoms with Crippen molar-refractivity contribution >= 4 is 11.9 Å². The van der Waals surface area contributed by atoms with E-state index in [4.69, 9.17) is 4.74 Å². The van der Waals surface area contributed by atoms with Gasteiger partial charge in [0.2, 0.25) is 17.8 Å². The number of nitrogens with one attached hydrogen (secondary N) is 1. The predicted octanol–water partition coefficient (Wildman–Crippen LogP) is 0.319. The number of hydrogen-bond donors (Lipinski definition) is 1. The lowest BCUT2D eigenvalue weighted by Gasteiger charge is -2.30. The first kappa shape index (κ1) is 16.1. The number of pyridine rings is 1. The van der Waals surface area contributed by atoms with Crippen LogP contribution in [-0.4, -0.2) is 72.4 Å². The molecule has 9 heteroatoms. The van der Waals surface area contributed by atoms with Crippen LogP contribution in [0.1, 0.15) is 0 Å². The van der Waals surface area contributed by atoms with Crippen LogP contribution in [0.4, 0.5) is 16.3 Å². The van der Waals surface area contributed by atoms with Crippen LogP contribution in [0.2, 0.25) is 0 Å². The van der Waals surface area contributed by atoms with Gasteiger partial charge in [-0.2, -0.15) is 19.3 Å². The number of piperazine rings is 1. The number of hydrogen-bond acceptors (Lipinski definition) is 8. The number of halogens is 1. The smallest absolute Gasteiger partial charge is 0.230 e. The number of ether oxygens (including phenoxy) is 1. The maximum Gasteiger partial charge on any atom is 0.230 e. The zero-order valence-corrected chi connectivity index (χ0v) is 13.9. The van der Waals surface area contributed by atoms with Gasteiger partial charge in [0.25, 0.3) is 0 Å². The highest BCUT2D eigenvalue weighted by Gasteiger charge is 2.21. The second kappa shape index (κ2) is 7.24. The van der Waals surface area contributed by atoms with E-state index in [1.807, 2.05) is 0 Å². The molecule has 8 nitrogen and oxygen atoms in total. The molecular weight excluding hydrogens is 325 g/mol. The standard InChI is InChI=1S/C16H20FN7O/c17-13-2-1-12(11-19-13)14-20-15(23-5-3-18-4-6-23)22-16(21-14)24-7-9-25-10-8-24/h1-2,11,18H,3-10H2.